The molecule has 0 atom stereocenters. The number of nitrogens with zero attached hydrogens (tertiary/aromatic N) is 8. The van der Waals surface area contributed by atoms with Gasteiger partial charge in [0.25, 0.3) is 0 Å². The second-order valence-corrected chi connectivity index (χ2v) is 5.91. The number of fused-ring (bicyclic) bond motifs is 1. The number of hydrogen-bond acceptors (Lipinski definition) is 6. The van der Waals surface area contributed by atoms with Gasteiger partial charge in [0.05, 0.1) is 6.20 Å². The van der Waals surface area contributed by atoms with Gasteiger partial charge in [-0.15, -0.1) is 15.3 Å². The van der Waals surface area contributed by atoms with Crippen molar-refractivity contribution < 1.29 is 4.79 Å². The van der Waals surface area contributed by atoms with Crippen LogP contribution in [0.15, 0.2) is 30.9 Å². The number of carbonyl (C=O) groups is 1. The second kappa shape index (κ2) is 5.91. The summed E-state index contributed by atoms with van der Waals surface area (Å²) in [7, 11) is 0. The number of piperazine rings is 1. The Morgan fingerprint density at radius 1 is 1.21 bits per heavy atom. The van der Waals surface area contributed by atoms with Crippen molar-refractivity contribution in [3.05, 3.63) is 36.4 Å². The van der Waals surface area contributed by atoms with E-state index in [1.165, 1.54) is 0 Å². The van der Waals surface area contributed by atoms with Gasteiger partial charge in [-0.05, 0) is 24.6 Å². The first kappa shape index (κ1) is 14.6. The van der Waals surface area contributed by atoms with Crippen molar-refractivity contribution >= 4 is 17.4 Å². The first-order valence-electron chi connectivity index (χ1n) is 7.88. The second-order valence-electron chi connectivity index (χ2n) is 5.91. The number of hydrogen-bond donors (Lipinski definition) is 0. The van der Waals surface area contributed by atoms with Gasteiger partial charge < -0.3 is 9.80 Å². The van der Waals surface area contributed by atoms with Crippen LogP contribution in [0.25, 0.3) is 5.65 Å². The third kappa shape index (κ3) is 2.80. The smallest absolute Gasteiger partial charge is 0.244 e. The Morgan fingerprint density at radius 3 is 2.79 bits per heavy atom. The third-order valence-electron chi connectivity index (χ3n) is 4.16. The van der Waals surface area contributed by atoms with Crippen LogP contribution in [0.2, 0.25) is 0 Å². The Morgan fingerprint density at radius 2 is 2.04 bits per heavy atom. The summed E-state index contributed by atoms with van der Waals surface area (Å²) in [6.07, 6.45) is 5.23. The molecule has 0 spiro atoms. The standard InChI is InChI=1S/C15H18N8O/c1-12-8-17-22(9-12)10-15(24)21-6-4-20(5-7-21)14-3-2-13-18-16-11-23(13)19-14/h2-3,8-9,11H,4-7,10H2,1H3. The number of rotatable bonds is 3. The molecule has 9 heteroatoms. The largest absolute Gasteiger partial charge is 0.352 e. The van der Waals surface area contributed by atoms with Gasteiger partial charge >= 0.3 is 0 Å². The molecular weight excluding hydrogens is 308 g/mol. The molecule has 1 aliphatic heterocycles. The van der Waals surface area contributed by atoms with Gasteiger partial charge in [0.2, 0.25) is 5.91 Å². The van der Waals surface area contributed by atoms with Crippen LogP contribution in [0, 0.1) is 6.92 Å². The summed E-state index contributed by atoms with van der Waals surface area (Å²) in [5.74, 6) is 0.970. The SMILES string of the molecule is Cc1cnn(CC(=O)N2CCN(c3ccc4nncn4n3)CC2)c1. The molecule has 1 saturated heterocycles. The van der Waals surface area contributed by atoms with Crippen molar-refractivity contribution in [3.63, 3.8) is 0 Å². The summed E-state index contributed by atoms with van der Waals surface area (Å²) >= 11 is 0. The van der Waals surface area contributed by atoms with Gasteiger partial charge in [-0.2, -0.15) is 9.61 Å². The van der Waals surface area contributed by atoms with Crippen molar-refractivity contribution in [1.29, 1.82) is 0 Å². The lowest BCUT2D eigenvalue weighted by molar-refractivity contribution is -0.132. The fourth-order valence-corrected chi connectivity index (χ4v) is 2.86. The van der Waals surface area contributed by atoms with Crippen LogP contribution in [0.5, 0.6) is 0 Å². The van der Waals surface area contributed by atoms with Gasteiger partial charge in [0, 0.05) is 32.4 Å². The molecule has 1 fully saturated rings. The number of anilines is 1. The molecule has 4 rings (SSSR count). The summed E-state index contributed by atoms with van der Waals surface area (Å²) < 4.78 is 3.35. The zero-order chi connectivity index (χ0) is 16.5. The Bertz CT molecular complexity index is 861. The van der Waals surface area contributed by atoms with Crippen molar-refractivity contribution in [3.8, 4) is 0 Å². The van der Waals surface area contributed by atoms with Gasteiger partial charge in [-0.3, -0.25) is 9.48 Å². The molecule has 3 aromatic rings. The number of carbonyl (C=O) groups excluding carboxylic acids is 1. The predicted octanol–water partition coefficient (Wildman–Crippen LogP) is -0.0220. The lowest BCUT2D eigenvalue weighted by atomic mass is 10.3. The van der Waals surface area contributed by atoms with Crippen molar-refractivity contribution in [2.75, 3.05) is 31.1 Å². The van der Waals surface area contributed by atoms with Crippen LogP contribution in [-0.2, 0) is 11.3 Å². The van der Waals surface area contributed by atoms with Crippen molar-refractivity contribution in [1.82, 2.24) is 34.5 Å². The van der Waals surface area contributed by atoms with Crippen LogP contribution in [0.1, 0.15) is 5.56 Å². The normalized spacial score (nSPS) is 15.2. The molecule has 0 aromatic carbocycles. The monoisotopic (exact) mass is 326 g/mol. The molecule has 0 aliphatic carbocycles. The Hall–Kier alpha value is -2.97. The van der Waals surface area contributed by atoms with Crippen molar-refractivity contribution in [2.45, 2.75) is 13.5 Å². The molecule has 3 aromatic heterocycles. The van der Waals surface area contributed by atoms with Crippen molar-refractivity contribution in [2.24, 2.45) is 0 Å². The number of aromatic nitrogens is 6. The highest BCUT2D eigenvalue weighted by molar-refractivity contribution is 5.76. The first-order chi connectivity index (χ1) is 11.7. The highest BCUT2D eigenvalue weighted by Gasteiger charge is 2.22. The minimum Gasteiger partial charge on any atom is -0.352 e. The zero-order valence-corrected chi connectivity index (χ0v) is 13.4. The summed E-state index contributed by atoms with van der Waals surface area (Å²) in [5, 5.41) is 16.5. The van der Waals surface area contributed by atoms with Crippen LogP contribution in [0.4, 0.5) is 5.82 Å². The topological polar surface area (TPSA) is 84.5 Å². The highest BCUT2D eigenvalue weighted by Crippen LogP contribution is 2.14. The van der Waals surface area contributed by atoms with E-state index >= 15 is 0 Å². The molecule has 1 aliphatic rings. The molecule has 1 amide bonds. The molecule has 124 valence electrons. The molecule has 0 saturated carbocycles. The van der Waals surface area contributed by atoms with E-state index in [2.05, 4.69) is 25.3 Å². The van der Waals surface area contributed by atoms with Gasteiger partial charge in [-0.25, -0.2) is 0 Å². The summed E-state index contributed by atoms with van der Waals surface area (Å²) in [5.41, 5.74) is 1.78. The average molecular weight is 326 g/mol. The molecule has 0 radical (unpaired) electrons. The third-order valence-corrected chi connectivity index (χ3v) is 4.16. The van der Waals surface area contributed by atoms with E-state index in [0.29, 0.717) is 19.6 Å². The Balaban J connectivity index is 1.38. The van der Waals surface area contributed by atoms with E-state index in [1.807, 2.05) is 30.2 Å². The molecular formula is C15H18N8O. The Kier molecular flexibility index (Phi) is 3.60. The van der Waals surface area contributed by atoms with Gasteiger partial charge in [0.1, 0.15) is 18.7 Å². The van der Waals surface area contributed by atoms with E-state index in [9.17, 15) is 4.79 Å². The minimum atomic E-state index is 0.0972. The zero-order valence-electron chi connectivity index (χ0n) is 13.4. The lowest BCUT2D eigenvalue weighted by Gasteiger charge is -2.35. The fourth-order valence-electron chi connectivity index (χ4n) is 2.86. The van der Waals surface area contributed by atoms with E-state index in [0.717, 1.165) is 30.1 Å². The molecule has 0 N–H and O–H groups in total. The van der Waals surface area contributed by atoms with E-state index in [-0.39, 0.29) is 5.91 Å². The molecule has 24 heavy (non-hydrogen) atoms. The number of aryl methyl sites for hydroxylation is 1. The lowest BCUT2D eigenvalue weighted by Crippen LogP contribution is -2.50. The van der Waals surface area contributed by atoms with E-state index in [4.69, 9.17) is 0 Å². The molecule has 0 unspecified atom stereocenters. The average Bonchev–Trinajstić information content (AvgIpc) is 3.23. The van der Waals surface area contributed by atoms with Crippen LogP contribution in [0.3, 0.4) is 0 Å². The quantitative estimate of drug-likeness (QED) is 0.672. The summed E-state index contributed by atoms with van der Waals surface area (Å²) in [4.78, 5) is 16.4. The molecule has 4 heterocycles. The number of amides is 1. The Labute approximate surface area is 138 Å². The maximum Gasteiger partial charge on any atom is 0.244 e. The maximum absolute atomic E-state index is 12.4. The summed E-state index contributed by atoms with van der Waals surface area (Å²) in [6, 6.07) is 3.83. The predicted molar refractivity (Wildman–Crippen MR) is 86.5 cm³/mol. The van der Waals surface area contributed by atoms with E-state index in [1.54, 1.807) is 21.7 Å². The fraction of sp³-hybridized carbons (Fsp3) is 0.400. The summed E-state index contributed by atoms with van der Waals surface area (Å²) in [6.45, 7) is 5.13. The van der Waals surface area contributed by atoms with E-state index < -0.39 is 0 Å². The minimum absolute atomic E-state index is 0.0972. The van der Waals surface area contributed by atoms with Crippen LogP contribution < -0.4 is 4.90 Å². The van der Waals surface area contributed by atoms with Crippen LogP contribution >= 0.6 is 0 Å². The molecule has 0 bridgehead atoms. The van der Waals surface area contributed by atoms with Crippen LogP contribution in [-0.4, -0.2) is 66.6 Å². The first-order valence-corrected chi connectivity index (χ1v) is 7.88. The van der Waals surface area contributed by atoms with Gasteiger partial charge in [-0.1, -0.05) is 0 Å². The molecule has 9 nitrogen and oxygen atoms in total. The van der Waals surface area contributed by atoms with Gasteiger partial charge in [0.15, 0.2) is 5.65 Å². The maximum atomic E-state index is 12.4. The highest BCUT2D eigenvalue weighted by atomic mass is 16.2.